The van der Waals surface area contributed by atoms with Crippen molar-refractivity contribution in [1.29, 1.82) is 0 Å². The van der Waals surface area contributed by atoms with Crippen LogP contribution in [0, 0.1) is 29.1 Å². The highest BCUT2D eigenvalue weighted by Crippen LogP contribution is 2.37. The van der Waals surface area contributed by atoms with Crippen molar-refractivity contribution in [3.05, 3.63) is 105 Å². The van der Waals surface area contributed by atoms with Crippen LogP contribution < -0.4 is 14.5 Å². The van der Waals surface area contributed by atoms with Gasteiger partial charge in [-0.2, -0.15) is 10.1 Å². The number of halogens is 6. The number of hydrogen-bond donors (Lipinski definition) is 0. The second-order valence-electron chi connectivity index (χ2n) is 8.40. The topological polar surface area (TPSA) is 51.1 Å². The lowest BCUT2D eigenvalue weighted by Crippen LogP contribution is -2.25. The number of carbonyl (C=O) groups excluding carboxylic acids is 1. The quantitative estimate of drug-likeness (QED) is 0.0962. The van der Waals surface area contributed by atoms with Gasteiger partial charge in [0.2, 0.25) is 5.82 Å². The Morgan fingerprint density at radius 3 is 2.21 bits per heavy atom. The average molecular weight is 563 g/mol. The number of methoxy groups -OCH3 is 1. The van der Waals surface area contributed by atoms with E-state index in [9.17, 15) is 26.7 Å². The van der Waals surface area contributed by atoms with Crippen LogP contribution >= 0.6 is 11.6 Å². The number of amides is 1. The maximum absolute atomic E-state index is 14.4. The molecule has 0 atom stereocenters. The molecule has 3 aromatic carbocycles. The Morgan fingerprint density at radius 1 is 1.00 bits per heavy atom. The standard InChI is InChI=1S/C28H20ClF5N2O3/c1-4-5-17-10-16(12-20(38-3)27(17)39-13-15-6-8-18(29)9-7-15)11-19-14(2)35-36(28(19)37)26-24(33)22(31)21(30)23(32)25(26)34/h4,6-12H,1,5,13H2,2-3H3/b19-11+. The van der Waals surface area contributed by atoms with Gasteiger partial charge in [-0.25, -0.2) is 22.0 Å². The van der Waals surface area contributed by atoms with Gasteiger partial charge in [-0.1, -0.05) is 29.8 Å². The van der Waals surface area contributed by atoms with E-state index in [1.54, 1.807) is 30.3 Å². The second kappa shape index (κ2) is 11.3. The highest BCUT2D eigenvalue weighted by molar-refractivity contribution is 6.32. The van der Waals surface area contributed by atoms with E-state index in [2.05, 4.69) is 11.7 Å². The van der Waals surface area contributed by atoms with Crippen molar-refractivity contribution >= 4 is 35.0 Å². The van der Waals surface area contributed by atoms with E-state index in [1.165, 1.54) is 20.1 Å². The third-order valence-electron chi connectivity index (χ3n) is 5.81. The molecule has 0 saturated heterocycles. The van der Waals surface area contributed by atoms with Crippen LogP contribution in [0.5, 0.6) is 11.5 Å². The Balaban J connectivity index is 1.71. The highest BCUT2D eigenvalue weighted by atomic mass is 35.5. The second-order valence-corrected chi connectivity index (χ2v) is 8.83. The number of ether oxygens (including phenoxy) is 2. The first kappa shape index (κ1) is 27.8. The van der Waals surface area contributed by atoms with E-state index in [0.29, 0.717) is 34.1 Å². The largest absolute Gasteiger partial charge is 0.493 e. The van der Waals surface area contributed by atoms with E-state index in [1.807, 2.05) is 12.1 Å². The zero-order valence-electron chi connectivity index (χ0n) is 20.6. The summed E-state index contributed by atoms with van der Waals surface area (Å²) in [5.74, 6) is -11.4. The Morgan fingerprint density at radius 2 is 1.62 bits per heavy atom. The Kier molecular flexibility index (Phi) is 8.06. The summed E-state index contributed by atoms with van der Waals surface area (Å²) in [7, 11) is 1.43. The molecule has 0 aliphatic carbocycles. The predicted molar refractivity (Wildman–Crippen MR) is 137 cm³/mol. The highest BCUT2D eigenvalue weighted by Gasteiger charge is 2.37. The molecule has 4 rings (SSSR count). The Labute approximate surface area is 225 Å². The van der Waals surface area contributed by atoms with E-state index in [0.717, 1.165) is 5.56 Å². The van der Waals surface area contributed by atoms with Crippen molar-refractivity contribution in [2.75, 3.05) is 12.1 Å². The minimum atomic E-state index is -2.34. The van der Waals surface area contributed by atoms with E-state index >= 15 is 0 Å². The van der Waals surface area contributed by atoms with Crippen LogP contribution in [-0.2, 0) is 17.8 Å². The molecule has 1 heterocycles. The summed E-state index contributed by atoms with van der Waals surface area (Å²) in [6.45, 7) is 5.32. The molecule has 202 valence electrons. The molecule has 3 aromatic rings. The molecule has 0 saturated carbocycles. The number of carbonyl (C=O) groups is 1. The molecule has 1 aliphatic rings. The van der Waals surface area contributed by atoms with Gasteiger partial charge in [0.05, 0.1) is 18.4 Å². The van der Waals surface area contributed by atoms with Crippen LogP contribution in [0.1, 0.15) is 23.6 Å². The SMILES string of the molecule is C=CCc1cc(/C=C2/C(=O)N(c3c(F)c(F)c(F)c(F)c3F)N=C2C)cc(OC)c1OCc1ccc(Cl)cc1. The number of hydrogen-bond acceptors (Lipinski definition) is 4. The number of benzene rings is 3. The molecule has 0 spiro atoms. The maximum Gasteiger partial charge on any atom is 0.280 e. The van der Waals surface area contributed by atoms with Crippen LogP contribution in [0.3, 0.4) is 0 Å². The van der Waals surface area contributed by atoms with Crippen molar-refractivity contribution in [3.8, 4) is 11.5 Å². The van der Waals surface area contributed by atoms with Crippen LogP contribution in [0.25, 0.3) is 6.08 Å². The number of nitrogens with zero attached hydrogens (tertiary/aromatic N) is 2. The fourth-order valence-corrected chi connectivity index (χ4v) is 4.03. The minimum Gasteiger partial charge on any atom is -0.493 e. The predicted octanol–water partition coefficient (Wildman–Crippen LogP) is 7.16. The molecule has 0 fully saturated rings. The van der Waals surface area contributed by atoms with Gasteiger partial charge < -0.3 is 9.47 Å². The molecule has 0 unspecified atom stereocenters. The number of hydrazone groups is 1. The van der Waals surface area contributed by atoms with Gasteiger partial charge in [-0.3, -0.25) is 4.79 Å². The van der Waals surface area contributed by atoms with E-state index in [4.69, 9.17) is 21.1 Å². The third-order valence-corrected chi connectivity index (χ3v) is 6.06. The fourth-order valence-electron chi connectivity index (χ4n) is 3.91. The van der Waals surface area contributed by atoms with Crippen LogP contribution in [-0.4, -0.2) is 18.7 Å². The van der Waals surface area contributed by atoms with Crippen molar-refractivity contribution in [1.82, 2.24) is 0 Å². The molecule has 0 radical (unpaired) electrons. The summed E-state index contributed by atoms with van der Waals surface area (Å²) in [6, 6.07) is 10.3. The molecule has 39 heavy (non-hydrogen) atoms. The smallest absolute Gasteiger partial charge is 0.280 e. The zero-order chi connectivity index (χ0) is 28.4. The van der Waals surface area contributed by atoms with E-state index < -0.39 is 40.7 Å². The number of rotatable bonds is 8. The molecule has 1 aliphatic heterocycles. The zero-order valence-corrected chi connectivity index (χ0v) is 21.4. The average Bonchev–Trinajstić information content (AvgIpc) is 3.19. The molecule has 0 N–H and O–H groups in total. The molecule has 0 aromatic heterocycles. The van der Waals surface area contributed by atoms with Gasteiger partial charge in [-0.15, -0.1) is 6.58 Å². The lowest BCUT2D eigenvalue weighted by molar-refractivity contribution is -0.114. The van der Waals surface area contributed by atoms with Crippen molar-refractivity contribution in [2.24, 2.45) is 5.10 Å². The fraction of sp³-hybridized carbons (Fsp3) is 0.143. The van der Waals surface area contributed by atoms with Gasteiger partial charge in [-0.05, 0) is 54.8 Å². The van der Waals surface area contributed by atoms with Crippen molar-refractivity contribution in [3.63, 3.8) is 0 Å². The first-order valence-corrected chi connectivity index (χ1v) is 11.8. The minimum absolute atomic E-state index is 0.00348. The van der Waals surface area contributed by atoms with Gasteiger partial charge in [0.25, 0.3) is 5.91 Å². The molecule has 11 heteroatoms. The van der Waals surface area contributed by atoms with Gasteiger partial charge in [0, 0.05) is 10.6 Å². The molecule has 1 amide bonds. The summed E-state index contributed by atoms with van der Waals surface area (Å²) < 4.78 is 81.2. The normalized spacial score (nSPS) is 14.2. The monoisotopic (exact) mass is 562 g/mol. The molecular weight excluding hydrogens is 543 g/mol. The Hall–Kier alpha value is -4.18. The first-order chi connectivity index (χ1) is 18.6. The molecule has 0 bridgehead atoms. The van der Waals surface area contributed by atoms with Crippen molar-refractivity contribution in [2.45, 2.75) is 20.0 Å². The molecular formula is C28H20ClF5N2O3. The van der Waals surface area contributed by atoms with Crippen molar-refractivity contribution < 1.29 is 36.2 Å². The van der Waals surface area contributed by atoms with Gasteiger partial charge in [0.15, 0.2) is 34.8 Å². The van der Waals surface area contributed by atoms with Crippen LogP contribution in [0.4, 0.5) is 27.6 Å². The summed E-state index contributed by atoms with van der Waals surface area (Å²) in [5.41, 5.74) is 0.349. The van der Waals surface area contributed by atoms with E-state index in [-0.39, 0.29) is 22.9 Å². The summed E-state index contributed by atoms with van der Waals surface area (Å²) >= 11 is 5.93. The lowest BCUT2D eigenvalue weighted by Gasteiger charge is -2.16. The number of anilines is 1. The summed E-state index contributed by atoms with van der Waals surface area (Å²) in [4.78, 5) is 13.0. The Bertz CT molecular complexity index is 1510. The van der Waals surface area contributed by atoms with Gasteiger partial charge in [0.1, 0.15) is 12.3 Å². The van der Waals surface area contributed by atoms with Crippen LogP contribution in [0.15, 0.2) is 59.7 Å². The lowest BCUT2D eigenvalue weighted by atomic mass is 10.0. The van der Waals surface area contributed by atoms with Crippen LogP contribution in [0.2, 0.25) is 5.02 Å². The van der Waals surface area contributed by atoms with Gasteiger partial charge >= 0.3 is 0 Å². The third kappa shape index (κ3) is 5.37. The summed E-state index contributed by atoms with van der Waals surface area (Å²) in [5, 5.41) is 4.49. The molecule has 5 nitrogen and oxygen atoms in total. The summed E-state index contributed by atoms with van der Waals surface area (Å²) in [6.07, 6.45) is 3.37. The first-order valence-electron chi connectivity index (χ1n) is 11.4. The maximum atomic E-state index is 14.4. The number of allylic oxidation sites excluding steroid dienone is 1.